The quantitative estimate of drug-likeness (QED) is 0.0117. The van der Waals surface area contributed by atoms with Crippen LogP contribution < -0.4 is 20.1 Å². The van der Waals surface area contributed by atoms with Crippen molar-refractivity contribution < 1.29 is 43.6 Å². The lowest BCUT2D eigenvalue weighted by atomic mass is 9.77. The first-order chi connectivity index (χ1) is 40.6. The van der Waals surface area contributed by atoms with Crippen LogP contribution >= 0.6 is 46.4 Å². The van der Waals surface area contributed by atoms with Gasteiger partial charge < -0.3 is 39.9 Å². The maximum absolute atomic E-state index is 15.3. The number of hydrogen-bond donors (Lipinski definition) is 4. The van der Waals surface area contributed by atoms with Gasteiger partial charge in [-0.1, -0.05) is 173 Å². The SMILES string of the molecule is COc1ccc(COc2c(O)cc(C)nc2C(ON=C(C(=O)NC2C(=O)N3C(C(=O)O)=C(CSc4cnns4)CS[C@@H]23)c2csc(NC(c3ccccc3)(c3ccccc3)c3ccccc3)n2)OC(c2ccccc2)c2ccccc2)cc1. The fourth-order valence-electron chi connectivity index (χ4n) is 9.79. The van der Waals surface area contributed by atoms with E-state index in [9.17, 15) is 19.8 Å². The molecule has 4 N–H and O–H groups in total. The summed E-state index contributed by atoms with van der Waals surface area (Å²) in [5.41, 5.74) is 4.40. The molecule has 0 aliphatic carbocycles. The first kappa shape index (κ1) is 56.0. The fraction of sp³-hybridized carbons (Fsp3) is 0.161. The van der Waals surface area contributed by atoms with Crippen molar-refractivity contribution in [3.05, 3.63) is 255 Å². The zero-order valence-electron chi connectivity index (χ0n) is 44.5. The van der Waals surface area contributed by atoms with E-state index < -0.39 is 47.1 Å². The number of rotatable bonds is 23. The van der Waals surface area contributed by atoms with Gasteiger partial charge in [0, 0.05) is 28.6 Å². The molecule has 3 aromatic heterocycles. The number of carboxylic acids is 1. The van der Waals surface area contributed by atoms with Gasteiger partial charge in [-0.25, -0.2) is 14.8 Å². The van der Waals surface area contributed by atoms with Crippen molar-refractivity contribution in [2.75, 3.05) is 23.9 Å². The number of hydrogen-bond acceptors (Lipinski definition) is 18. The molecule has 2 amide bonds. The molecule has 3 atom stereocenters. The summed E-state index contributed by atoms with van der Waals surface area (Å²) in [6.07, 6.45) is -0.859. The molecule has 5 heterocycles. The Morgan fingerprint density at radius 1 is 0.831 bits per heavy atom. The molecule has 0 spiro atoms. The third-order valence-corrected chi connectivity index (χ3v) is 17.7. The molecule has 1 fully saturated rings. The molecule has 11 rings (SSSR count). The number of thiazole rings is 1. The zero-order valence-corrected chi connectivity index (χ0v) is 47.7. The minimum atomic E-state index is -1.62. The Kier molecular flexibility index (Phi) is 17.2. The number of thioether (sulfide) groups is 2. The van der Waals surface area contributed by atoms with Crippen LogP contribution in [0.1, 0.15) is 62.9 Å². The number of aromatic nitrogens is 4. The number of aromatic hydroxyl groups is 1. The van der Waals surface area contributed by atoms with E-state index in [1.165, 1.54) is 57.4 Å². The van der Waals surface area contributed by atoms with Crippen LogP contribution in [0.3, 0.4) is 0 Å². The van der Waals surface area contributed by atoms with Crippen molar-refractivity contribution in [3.63, 3.8) is 0 Å². The largest absolute Gasteiger partial charge is 0.504 e. The predicted octanol–water partition coefficient (Wildman–Crippen LogP) is 11.2. The highest BCUT2D eigenvalue weighted by molar-refractivity contribution is 8.01. The van der Waals surface area contributed by atoms with Gasteiger partial charge in [-0.05, 0) is 69.5 Å². The number of pyridine rings is 1. The monoisotopic (exact) mass is 1180 g/mol. The van der Waals surface area contributed by atoms with Gasteiger partial charge in [0.1, 0.15) is 51.0 Å². The number of oxime groups is 1. The molecule has 0 radical (unpaired) electrons. The Hall–Kier alpha value is -8.86. The van der Waals surface area contributed by atoms with Gasteiger partial charge >= 0.3 is 5.97 Å². The van der Waals surface area contributed by atoms with E-state index in [0.717, 1.165) is 37.6 Å². The first-order valence-corrected chi connectivity index (χ1v) is 29.7. The van der Waals surface area contributed by atoms with E-state index in [2.05, 4.69) is 25.4 Å². The van der Waals surface area contributed by atoms with Crippen molar-refractivity contribution in [3.8, 4) is 17.2 Å². The molecule has 0 saturated carbocycles. The number of methoxy groups -OCH3 is 1. The van der Waals surface area contributed by atoms with Crippen molar-refractivity contribution in [2.45, 2.75) is 47.1 Å². The first-order valence-electron chi connectivity index (χ1n) is 26.0. The number of β-lactam (4-membered cyclic amide) rings is 1. The van der Waals surface area contributed by atoms with Crippen LogP contribution in [-0.4, -0.2) is 88.2 Å². The number of aliphatic carboxylic acids is 1. The maximum atomic E-state index is 15.3. The third kappa shape index (κ3) is 12.2. The number of benzene rings is 6. The Balaban J connectivity index is 1.01. The van der Waals surface area contributed by atoms with Gasteiger partial charge in [0.2, 0.25) is 0 Å². The average molecular weight is 1180 g/mol. The molecule has 9 aromatic rings. The molecule has 0 bridgehead atoms. The molecule has 418 valence electrons. The van der Waals surface area contributed by atoms with E-state index in [1.54, 1.807) is 37.7 Å². The third-order valence-electron chi connectivity index (χ3n) is 13.7. The van der Waals surface area contributed by atoms with Gasteiger partial charge in [-0.3, -0.25) is 14.5 Å². The van der Waals surface area contributed by atoms with E-state index in [-0.39, 0.29) is 46.7 Å². The van der Waals surface area contributed by atoms with E-state index >= 15 is 4.79 Å². The molecule has 21 heteroatoms. The number of nitrogens with one attached hydrogen (secondary N) is 2. The van der Waals surface area contributed by atoms with Crippen LogP contribution in [-0.2, 0) is 36.1 Å². The second kappa shape index (κ2) is 25.5. The summed E-state index contributed by atoms with van der Waals surface area (Å²) in [7, 11) is 1.58. The summed E-state index contributed by atoms with van der Waals surface area (Å²) < 4.78 is 23.5. The molecule has 2 unspecified atom stereocenters. The van der Waals surface area contributed by atoms with Crippen LogP contribution in [0.15, 0.2) is 214 Å². The maximum Gasteiger partial charge on any atom is 0.352 e. The second-order valence-corrected chi connectivity index (χ2v) is 23.0. The normalized spacial score (nSPS) is 15.5. The number of carboxylic acid groups (broad SMARTS) is 1. The number of carbonyl (C=O) groups is 3. The molecule has 2 aliphatic heterocycles. The van der Waals surface area contributed by atoms with Gasteiger partial charge in [-0.2, -0.15) is 0 Å². The fourth-order valence-corrected chi connectivity index (χ4v) is 13.5. The summed E-state index contributed by atoms with van der Waals surface area (Å²) in [4.78, 5) is 60.2. The molecule has 83 heavy (non-hydrogen) atoms. The van der Waals surface area contributed by atoms with Crippen LogP contribution in [0.2, 0.25) is 0 Å². The Morgan fingerprint density at radius 3 is 2.00 bits per heavy atom. The minimum absolute atomic E-state index is 0.00707. The number of nitrogens with zero attached hydrogens (tertiary/aromatic N) is 6. The summed E-state index contributed by atoms with van der Waals surface area (Å²) in [6, 6.07) is 56.3. The van der Waals surface area contributed by atoms with E-state index in [4.69, 9.17) is 29.0 Å². The highest BCUT2D eigenvalue weighted by atomic mass is 32.2. The second-order valence-electron chi connectivity index (χ2n) is 19.0. The topological polar surface area (TPSA) is 220 Å². The van der Waals surface area contributed by atoms with Gasteiger partial charge in [0.25, 0.3) is 18.1 Å². The Morgan fingerprint density at radius 2 is 1.43 bits per heavy atom. The summed E-state index contributed by atoms with van der Waals surface area (Å²) in [6.45, 7) is 1.68. The van der Waals surface area contributed by atoms with Gasteiger partial charge in [0.05, 0.1) is 13.3 Å². The molecule has 1 saturated heterocycles. The molecular formula is C62H52N8O9S4. The summed E-state index contributed by atoms with van der Waals surface area (Å²) in [5, 5.41) is 38.7. The number of carbonyl (C=O) groups excluding carboxylic acids is 2. The standard InChI is InChI=1S/C62H52N8O9S4/c1-38-32-48(71)55(77-34-39-28-30-46(76-2)31-29-39)51(64-38)60(78-54(40-18-8-3-9-19-40)41-20-10-4-11-21-41)79-68-50(56(72)66-52-57(73)70-53(59(74)75)42(36-81-58(52)70)35-80-49-33-63-69-83-49)47-37-82-61(65-47)67-62(43-22-12-5-13-23-43,44-24-14-6-15-25-44)45-26-16-7-17-27-45/h3-33,37,52,54,58,60H,34-36H2,1-2H3,(H,64,71)(H,65,67)(H,66,72)(H,74,75)/t52?,58-,60?/m0/s1. The minimum Gasteiger partial charge on any atom is -0.504 e. The molecular weight excluding hydrogens is 1130 g/mol. The average Bonchev–Trinajstić information content (AvgIpc) is 4.47. The predicted molar refractivity (Wildman–Crippen MR) is 319 cm³/mol. The molecule has 17 nitrogen and oxygen atoms in total. The van der Waals surface area contributed by atoms with Crippen molar-refractivity contribution >= 4 is 75.0 Å². The lowest BCUT2D eigenvalue weighted by molar-refractivity contribution is -0.171. The number of fused-ring (bicyclic) bond motifs is 1. The Bertz CT molecular complexity index is 3640. The van der Waals surface area contributed by atoms with Crippen molar-refractivity contribution in [1.29, 1.82) is 0 Å². The van der Waals surface area contributed by atoms with Crippen LogP contribution in [0.5, 0.6) is 17.2 Å². The number of ether oxygens (including phenoxy) is 3. The smallest absolute Gasteiger partial charge is 0.352 e. The van der Waals surface area contributed by atoms with Crippen molar-refractivity contribution in [1.82, 2.24) is 29.8 Å². The summed E-state index contributed by atoms with van der Waals surface area (Å²) in [5.74, 6) is -1.87. The molecule has 6 aromatic carbocycles. The zero-order chi connectivity index (χ0) is 57.3. The summed E-state index contributed by atoms with van der Waals surface area (Å²) >= 11 is 5.12. The van der Waals surface area contributed by atoms with Gasteiger partial charge in [0.15, 0.2) is 28.0 Å². The molecule has 2 aliphatic rings. The number of aryl methyl sites for hydroxylation is 1. The highest BCUT2D eigenvalue weighted by Gasteiger charge is 2.54. The van der Waals surface area contributed by atoms with Gasteiger partial charge in [-0.15, -0.1) is 40.0 Å². The number of anilines is 1. The van der Waals surface area contributed by atoms with E-state index in [0.29, 0.717) is 27.9 Å². The Labute approximate surface area is 494 Å². The lowest BCUT2D eigenvalue weighted by Crippen LogP contribution is -2.71. The van der Waals surface area contributed by atoms with Crippen LogP contribution in [0.25, 0.3) is 0 Å². The van der Waals surface area contributed by atoms with Crippen molar-refractivity contribution in [2.24, 2.45) is 5.16 Å². The van der Waals surface area contributed by atoms with Crippen LogP contribution in [0, 0.1) is 6.92 Å². The van der Waals surface area contributed by atoms with E-state index in [1.807, 2.05) is 164 Å². The highest BCUT2D eigenvalue weighted by Crippen LogP contribution is 2.45. The number of amides is 2. The lowest BCUT2D eigenvalue weighted by Gasteiger charge is -2.49. The van der Waals surface area contributed by atoms with Crippen LogP contribution in [0.4, 0.5) is 5.13 Å².